The second-order valence-electron chi connectivity index (χ2n) is 11.2. The van der Waals surface area contributed by atoms with Gasteiger partial charge in [-0.3, -0.25) is 29.0 Å². The maximum atomic E-state index is 13.2. The Kier molecular flexibility index (Phi) is 20.1. The molecule has 2 aliphatic heterocycles. The minimum absolute atomic E-state index is 0.167. The van der Waals surface area contributed by atoms with Crippen LogP contribution in [0.4, 0.5) is 0 Å². The molecule has 2 aliphatic rings. The lowest BCUT2D eigenvalue weighted by molar-refractivity contribution is -0.144. The molecule has 2 saturated heterocycles. The number of hydrogen-bond donors (Lipinski definition) is 0. The van der Waals surface area contributed by atoms with Crippen molar-refractivity contribution in [3.05, 3.63) is 9.81 Å². The summed E-state index contributed by atoms with van der Waals surface area (Å²) in [4.78, 5) is 54.0. The zero-order valence-corrected chi connectivity index (χ0v) is 29.8. The van der Waals surface area contributed by atoms with Crippen LogP contribution in [0.15, 0.2) is 9.81 Å². The van der Waals surface area contributed by atoms with Crippen LogP contribution >= 0.6 is 48.0 Å². The molecule has 0 spiro atoms. The highest BCUT2D eigenvalue weighted by Gasteiger charge is 2.41. The third-order valence-electron chi connectivity index (χ3n) is 7.45. The molecular formula is C32H50N2O6S4. The molecule has 0 aromatic rings. The van der Waals surface area contributed by atoms with Crippen molar-refractivity contribution in [3.63, 3.8) is 0 Å². The Labute approximate surface area is 283 Å². The summed E-state index contributed by atoms with van der Waals surface area (Å²) in [6.07, 6.45) is 16.3. The fourth-order valence-corrected chi connectivity index (χ4v) is 7.59. The molecule has 2 rings (SSSR count). The Balaban J connectivity index is 1.66. The summed E-state index contributed by atoms with van der Waals surface area (Å²) in [5.74, 6) is -0.850. The number of thioether (sulfide) groups is 2. The molecule has 0 aromatic heterocycles. The van der Waals surface area contributed by atoms with E-state index < -0.39 is 0 Å². The average molecular weight is 687 g/mol. The predicted molar refractivity (Wildman–Crippen MR) is 187 cm³/mol. The molecule has 8 nitrogen and oxygen atoms in total. The monoisotopic (exact) mass is 686 g/mol. The molecule has 0 aliphatic carbocycles. The van der Waals surface area contributed by atoms with Crippen molar-refractivity contribution in [2.45, 2.75) is 129 Å². The standard InChI is InChI=1S/C32H50N2O6S4/c1-3-5-7-9-17-23-39-25(35)19-13-11-15-21-33-29(37)27(43-31(33)41)28-30(38)34(32(42)44-28)22-16-12-14-20-26(36)40-24-18-10-8-6-4-2/h3-24H2,1-2H3. The summed E-state index contributed by atoms with van der Waals surface area (Å²) >= 11 is 13.2. The number of carbonyl (C=O) groups excluding carboxylic acids is 4. The van der Waals surface area contributed by atoms with E-state index in [2.05, 4.69) is 13.8 Å². The molecule has 44 heavy (non-hydrogen) atoms. The van der Waals surface area contributed by atoms with Crippen LogP contribution in [-0.2, 0) is 28.7 Å². The average Bonchev–Trinajstić information content (AvgIpc) is 3.44. The van der Waals surface area contributed by atoms with Crippen molar-refractivity contribution in [1.29, 1.82) is 0 Å². The second kappa shape index (κ2) is 22.9. The Morgan fingerprint density at radius 2 is 0.932 bits per heavy atom. The summed E-state index contributed by atoms with van der Waals surface area (Å²) in [5.41, 5.74) is 0. The number of carbonyl (C=O) groups is 4. The maximum absolute atomic E-state index is 13.2. The van der Waals surface area contributed by atoms with Crippen molar-refractivity contribution in [1.82, 2.24) is 9.80 Å². The zero-order chi connectivity index (χ0) is 32.2. The lowest BCUT2D eigenvalue weighted by Crippen LogP contribution is -2.31. The van der Waals surface area contributed by atoms with Gasteiger partial charge in [-0.25, -0.2) is 0 Å². The van der Waals surface area contributed by atoms with Crippen LogP contribution < -0.4 is 0 Å². The minimum Gasteiger partial charge on any atom is -0.466 e. The molecule has 0 saturated carbocycles. The molecular weight excluding hydrogens is 637 g/mol. The van der Waals surface area contributed by atoms with Crippen LogP contribution in [0, 0.1) is 0 Å². The van der Waals surface area contributed by atoms with Gasteiger partial charge in [0.2, 0.25) is 0 Å². The van der Waals surface area contributed by atoms with Crippen LogP contribution in [0.5, 0.6) is 0 Å². The molecule has 0 bridgehead atoms. The van der Waals surface area contributed by atoms with E-state index in [4.69, 9.17) is 33.9 Å². The highest BCUT2D eigenvalue weighted by atomic mass is 32.2. The normalized spacial score (nSPS) is 16.9. The molecule has 0 radical (unpaired) electrons. The first-order chi connectivity index (χ1) is 21.3. The number of rotatable bonds is 24. The number of hydrogen-bond acceptors (Lipinski definition) is 10. The molecule has 12 heteroatoms. The van der Waals surface area contributed by atoms with E-state index in [1.807, 2.05) is 0 Å². The van der Waals surface area contributed by atoms with Crippen LogP contribution in [0.25, 0.3) is 0 Å². The lowest BCUT2D eigenvalue weighted by atomic mass is 10.1. The van der Waals surface area contributed by atoms with Gasteiger partial charge in [0.15, 0.2) is 0 Å². The molecule has 0 unspecified atom stereocenters. The second-order valence-corrected chi connectivity index (χ2v) is 14.5. The molecule has 0 aromatic carbocycles. The highest BCUT2D eigenvalue weighted by Crippen LogP contribution is 2.42. The van der Waals surface area contributed by atoms with Crippen molar-refractivity contribution in [2.24, 2.45) is 0 Å². The maximum Gasteiger partial charge on any atom is 0.305 e. The Morgan fingerprint density at radius 1 is 0.568 bits per heavy atom. The van der Waals surface area contributed by atoms with Gasteiger partial charge in [-0.05, 0) is 38.5 Å². The predicted octanol–water partition coefficient (Wildman–Crippen LogP) is 8.07. The van der Waals surface area contributed by atoms with Gasteiger partial charge in [0, 0.05) is 25.9 Å². The third-order valence-corrected chi connectivity index (χ3v) is 10.5. The van der Waals surface area contributed by atoms with E-state index in [-0.39, 0.29) is 23.8 Å². The van der Waals surface area contributed by atoms with E-state index in [1.165, 1.54) is 38.5 Å². The molecule has 2 heterocycles. The van der Waals surface area contributed by atoms with Crippen molar-refractivity contribution >= 4 is 80.4 Å². The fraction of sp³-hybridized carbons (Fsp3) is 0.750. The van der Waals surface area contributed by atoms with E-state index >= 15 is 0 Å². The van der Waals surface area contributed by atoms with Gasteiger partial charge in [0.25, 0.3) is 11.8 Å². The van der Waals surface area contributed by atoms with Gasteiger partial charge in [-0.1, -0.05) is 126 Å². The number of ether oxygens (including phenoxy) is 2. The molecule has 0 N–H and O–H groups in total. The summed E-state index contributed by atoms with van der Waals surface area (Å²) in [6.45, 7) is 6.21. The van der Waals surface area contributed by atoms with Crippen LogP contribution in [0.3, 0.4) is 0 Å². The Hall–Kier alpha value is -1.50. The van der Waals surface area contributed by atoms with Crippen LogP contribution in [-0.4, -0.2) is 68.5 Å². The summed E-state index contributed by atoms with van der Waals surface area (Å²) in [7, 11) is 0. The number of esters is 2. The van der Waals surface area contributed by atoms with Gasteiger partial charge in [-0.2, -0.15) is 0 Å². The number of nitrogens with zero attached hydrogens (tertiary/aromatic N) is 2. The van der Waals surface area contributed by atoms with Crippen LogP contribution in [0.1, 0.15) is 129 Å². The van der Waals surface area contributed by atoms with Gasteiger partial charge in [0.1, 0.15) is 8.64 Å². The fourth-order valence-electron chi connectivity index (χ4n) is 4.82. The molecule has 2 fully saturated rings. The first kappa shape index (κ1) is 38.7. The zero-order valence-electron chi connectivity index (χ0n) is 26.5. The highest BCUT2D eigenvalue weighted by molar-refractivity contribution is 8.29. The molecule has 2 amide bonds. The number of amides is 2. The summed E-state index contributed by atoms with van der Waals surface area (Å²) < 4.78 is 11.5. The third kappa shape index (κ3) is 14.3. The molecule has 248 valence electrons. The van der Waals surface area contributed by atoms with E-state index in [0.29, 0.717) is 83.3 Å². The Morgan fingerprint density at radius 3 is 1.32 bits per heavy atom. The molecule has 0 atom stereocenters. The van der Waals surface area contributed by atoms with Crippen molar-refractivity contribution < 1.29 is 28.7 Å². The summed E-state index contributed by atoms with van der Waals surface area (Å²) in [5, 5.41) is 0. The first-order valence-corrected chi connectivity index (χ1v) is 18.9. The Bertz CT molecular complexity index is 941. The van der Waals surface area contributed by atoms with Gasteiger partial charge < -0.3 is 9.47 Å². The van der Waals surface area contributed by atoms with Gasteiger partial charge in [-0.15, -0.1) is 0 Å². The van der Waals surface area contributed by atoms with Crippen molar-refractivity contribution in [3.8, 4) is 0 Å². The van der Waals surface area contributed by atoms with Gasteiger partial charge in [0.05, 0.1) is 23.0 Å². The number of unbranched alkanes of at least 4 members (excludes halogenated alkanes) is 12. The van der Waals surface area contributed by atoms with E-state index in [9.17, 15) is 19.2 Å². The summed E-state index contributed by atoms with van der Waals surface area (Å²) in [6, 6.07) is 0. The first-order valence-electron chi connectivity index (χ1n) is 16.4. The van der Waals surface area contributed by atoms with E-state index in [0.717, 1.165) is 62.0 Å². The minimum atomic E-state index is -0.258. The number of thiocarbonyl (C=S) groups is 2. The smallest absolute Gasteiger partial charge is 0.305 e. The quantitative estimate of drug-likeness (QED) is 0.0430. The van der Waals surface area contributed by atoms with Crippen molar-refractivity contribution in [2.75, 3.05) is 26.3 Å². The SMILES string of the molecule is CCCCCCCOC(=O)CCCCCN1C(=O)C(=C2SC(=S)N(CCCCCC(=O)OCCCCCCC)C2=O)SC1=S. The van der Waals surface area contributed by atoms with Crippen LogP contribution in [0.2, 0.25) is 0 Å². The topological polar surface area (TPSA) is 93.2 Å². The van der Waals surface area contributed by atoms with E-state index in [1.54, 1.807) is 9.80 Å². The van der Waals surface area contributed by atoms with Gasteiger partial charge >= 0.3 is 11.9 Å². The largest absolute Gasteiger partial charge is 0.466 e. The lowest BCUT2D eigenvalue weighted by Gasteiger charge is -2.14.